The van der Waals surface area contributed by atoms with Gasteiger partial charge in [-0.25, -0.2) is 4.39 Å². The van der Waals surface area contributed by atoms with Crippen LogP contribution in [0.4, 0.5) is 17.6 Å². The van der Waals surface area contributed by atoms with Crippen molar-refractivity contribution in [3.8, 4) is 22.3 Å². The first-order chi connectivity index (χ1) is 13.4. The Morgan fingerprint density at radius 3 is 1.93 bits per heavy atom. The Balaban J connectivity index is 1.76. The van der Waals surface area contributed by atoms with Gasteiger partial charge < -0.3 is 0 Å². The maximum atomic E-state index is 14.3. The van der Waals surface area contributed by atoms with Crippen molar-refractivity contribution in [2.45, 2.75) is 38.8 Å². The summed E-state index contributed by atoms with van der Waals surface area (Å²) in [6, 6.07) is 14.9. The van der Waals surface area contributed by atoms with Gasteiger partial charge in [0, 0.05) is 11.8 Å². The summed E-state index contributed by atoms with van der Waals surface area (Å²) in [7, 11) is 0. The topological polar surface area (TPSA) is 12.9 Å². The summed E-state index contributed by atoms with van der Waals surface area (Å²) in [6.45, 7) is 2.11. The molecule has 1 aromatic heterocycles. The standard InChI is InChI=1S/C23H21F4N/c1-2-3-4-5-18-10-11-19(14-21(18)24)16-6-8-17(9-7-16)20-12-13-22(28-15-20)23(25,26)27/h6-15H,2-5H2,1H3. The minimum Gasteiger partial charge on any atom is -0.251 e. The van der Waals surface area contributed by atoms with Gasteiger partial charge in [-0.05, 0) is 47.2 Å². The monoisotopic (exact) mass is 387 g/mol. The molecule has 0 amide bonds. The van der Waals surface area contributed by atoms with E-state index in [4.69, 9.17) is 0 Å². The maximum Gasteiger partial charge on any atom is 0.433 e. The molecule has 0 spiro atoms. The smallest absolute Gasteiger partial charge is 0.251 e. The van der Waals surface area contributed by atoms with Crippen LogP contribution < -0.4 is 0 Å². The zero-order valence-electron chi connectivity index (χ0n) is 15.6. The zero-order valence-corrected chi connectivity index (χ0v) is 15.6. The van der Waals surface area contributed by atoms with E-state index in [9.17, 15) is 17.6 Å². The van der Waals surface area contributed by atoms with Gasteiger partial charge in [-0.3, -0.25) is 4.98 Å². The second kappa shape index (κ2) is 8.55. The van der Waals surface area contributed by atoms with E-state index in [2.05, 4.69) is 11.9 Å². The Hall–Kier alpha value is -2.69. The van der Waals surface area contributed by atoms with Crippen molar-refractivity contribution >= 4 is 0 Å². The van der Waals surface area contributed by atoms with E-state index >= 15 is 0 Å². The molecule has 3 rings (SSSR count). The summed E-state index contributed by atoms with van der Waals surface area (Å²) in [4.78, 5) is 3.48. The molecule has 0 aliphatic rings. The summed E-state index contributed by atoms with van der Waals surface area (Å²) >= 11 is 0. The summed E-state index contributed by atoms with van der Waals surface area (Å²) in [5, 5.41) is 0. The van der Waals surface area contributed by atoms with Crippen molar-refractivity contribution in [3.05, 3.63) is 77.9 Å². The van der Waals surface area contributed by atoms with Crippen LogP contribution in [0.5, 0.6) is 0 Å². The van der Waals surface area contributed by atoms with Crippen LogP contribution in [0, 0.1) is 5.82 Å². The summed E-state index contributed by atoms with van der Waals surface area (Å²) in [5.41, 5.74) is 2.78. The maximum absolute atomic E-state index is 14.3. The van der Waals surface area contributed by atoms with Crippen LogP contribution in [0.2, 0.25) is 0 Å². The predicted molar refractivity (Wildman–Crippen MR) is 103 cm³/mol. The third-order valence-corrected chi connectivity index (χ3v) is 4.71. The molecule has 0 fully saturated rings. The van der Waals surface area contributed by atoms with Crippen LogP contribution in [0.15, 0.2) is 60.8 Å². The minimum atomic E-state index is -4.45. The molecule has 0 radical (unpaired) electrons. The van der Waals surface area contributed by atoms with Gasteiger partial charge in [-0.2, -0.15) is 13.2 Å². The number of pyridine rings is 1. The van der Waals surface area contributed by atoms with Gasteiger partial charge in [0.1, 0.15) is 11.5 Å². The number of hydrogen-bond donors (Lipinski definition) is 0. The summed E-state index contributed by atoms with van der Waals surface area (Å²) in [5.74, 6) is -0.204. The van der Waals surface area contributed by atoms with E-state index in [0.717, 1.165) is 54.0 Å². The molecule has 0 unspecified atom stereocenters. The lowest BCUT2D eigenvalue weighted by Gasteiger charge is -2.09. The first kappa shape index (κ1) is 20.1. The van der Waals surface area contributed by atoms with E-state index in [1.807, 2.05) is 24.3 Å². The van der Waals surface area contributed by atoms with Crippen LogP contribution in [0.1, 0.15) is 37.4 Å². The normalized spacial score (nSPS) is 11.6. The van der Waals surface area contributed by atoms with Gasteiger partial charge in [0.25, 0.3) is 0 Å². The van der Waals surface area contributed by atoms with Gasteiger partial charge in [-0.1, -0.05) is 62.2 Å². The molecular formula is C23H21F4N. The van der Waals surface area contributed by atoms with Crippen LogP contribution in [0.25, 0.3) is 22.3 Å². The second-order valence-corrected chi connectivity index (χ2v) is 6.77. The fourth-order valence-corrected chi connectivity index (χ4v) is 3.08. The highest BCUT2D eigenvalue weighted by atomic mass is 19.4. The quantitative estimate of drug-likeness (QED) is 0.319. The number of benzene rings is 2. The van der Waals surface area contributed by atoms with E-state index in [1.165, 1.54) is 18.3 Å². The van der Waals surface area contributed by atoms with Crippen LogP contribution in [0.3, 0.4) is 0 Å². The number of unbranched alkanes of at least 4 members (excludes halogenated alkanes) is 2. The lowest BCUT2D eigenvalue weighted by molar-refractivity contribution is -0.141. The SMILES string of the molecule is CCCCCc1ccc(-c2ccc(-c3ccc(C(F)(F)F)nc3)cc2)cc1F. The Morgan fingerprint density at radius 2 is 1.39 bits per heavy atom. The molecule has 0 saturated heterocycles. The molecule has 1 nitrogen and oxygen atoms in total. The fourth-order valence-electron chi connectivity index (χ4n) is 3.08. The largest absolute Gasteiger partial charge is 0.433 e. The molecule has 1 heterocycles. The molecule has 0 bridgehead atoms. The van der Waals surface area contributed by atoms with Crippen molar-refractivity contribution in [2.75, 3.05) is 0 Å². The highest BCUT2D eigenvalue weighted by Gasteiger charge is 2.32. The number of hydrogen-bond acceptors (Lipinski definition) is 1. The highest BCUT2D eigenvalue weighted by molar-refractivity contribution is 5.70. The highest BCUT2D eigenvalue weighted by Crippen LogP contribution is 2.30. The molecule has 146 valence electrons. The Bertz CT molecular complexity index is 913. The average Bonchev–Trinajstić information content (AvgIpc) is 2.69. The van der Waals surface area contributed by atoms with Crippen molar-refractivity contribution in [1.29, 1.82) is 0 Å². The lowest BCUT2D eigenvalue weighted by atomic mass is 9.98. The molecular weight excluding hydrogens is 366 g/mol. The number of alkyl halides is 3. The van der Waals surface area contributed by atoms with Crippen molar-refractivity contribution in [3.63, 3.8) is 0 Å². The first-order valence-electron chi connectivity index (χ1n) is 9.31. The first-order valence-corrected chi connectivity index (χ1v) is 9.31. The molecule has 0 saturated carbocycles. The van der Waals surface area contributed by atoms with E-state index < -0.39 is 11.9 Å². The number of nitrogens with zero attached hydrogens (tertiary/aromatic N) is 1. The van der Waals surface area contributed by atoms with Crippen molar-refractivity contribution in [2.24, 2.45) is 0 Å². The lowest BCUT2D eigenvalue weighted by Crippen LogP contribution is -2.07. The number of halogens is 4. The Kier molecular flexibility index (Phi) is 6.12. The molecule has 28 heavy (non-hydrogen) atoms. The fraction of sp³-hybridized carbons (Fsp3) is 0.261. The van der Waals surface area contributed by atoms with Gasteiger partial charge in [0.2, 0.25) is 0 Å². The van der Waals surface area contributed by atoms with Crippen LogP contribution in [-0.2, 0) is 12.6 Å². The Morgan fingerprint density at radius 1 is 0.786 bits per heavy atom. The molecule has 5 heteroatoms. The summed E-state index contributed by atoms with van der Waals surface area (Å²) < 4.78 is 52.2. The third-order valence-electron chi connectivity index (χ3n) is 4.71. The minimum absolute atomic E-state index is 0.204. The van der Waals surface area contributed by atoms with Crippen molar-refractivity contribution < 1.29 is 17.6 Å². The van der Waals surface area contributed by atoms with E-state index in [-0.39, 0.29) is 5.82 Å². The van der Waals surface area contributed by atoms with E-state index in [0.29, 0.717) is 5.56 Å². The van der Waals surface area contributed by atoms with Crippen LogP contribution in [-0.4, -0.2) is 4.98 Å². The van der Waals surface area contributed by atoms with Gasteiger partial charge in [0.15, 0.2) is 0 Å². The van der Waals surface area contributed by atoms with Gasteiger partial charge in [-0.15, -0.1) is 0 Å². The average molecular weight is 387 g/mol. The van der Waals surface area contributed by atoms with E-state index in [1.54, 1.807) is 12.1 Å². The van der Waals surface area contributed by atoms with Crippen LogP contribution >= 0.6 is 0 Å². The summed E-state index contributed by atoms with van der Waals surface area (Å²) in [6.07, 6.45) is 0.655. The second-order valence-electron chi connectivity index (χ2n) is 6.77. The van der Waals surface area contributed by atoms with Gasteiger partial charge in [0.05, 0.1) is 0 Å². The number of aryl methyl sites for hydroxylation is 1. The number of aromatic nitrogens is 1. The third kappa shape index (κ3) is 4.77. The molecule has 2 aromatic carbocycles. The molecule has 0 aliphatic carbocycles. The molecule has 0 atom stereocenters. The Labute approximate surface area is 162 Å². The molecule has 0 aliphatic heterocycles. The molecule has 0 N–H and O–H groups in total. The zero-order chi connectivity index (χ0) is 20.1. The predicted octanol–water partition coefficient (Wildman–Crippen LogP) is 7.31. The molecule has 3 aromatic rings. The van der Waals surface area contributed by atoms with Gasteiger partial charge >= 0.3 is 6.18 Å². The van der Waals surface area contributed by atoms with Crippen molar-refractivity contribution in [1.82, 2.24) is 4.98 Å². The number of rotatable bonds is 6.